The van der Waals surface area contributed by atoms with E-state index in [0.717, 1.165) is 27.4 Å². The fourth-order valence-corrected chi connectivity index (χ4v) is 2.98. The molecule has 3 N–H and O–H groups in total. The van der Waals surface area contributed by atoms with E-state index in [1.54, 1.807) is 0 Å². The molecule has 0 radical (unpaired) electrons. The van der Waals surface area contributed by atoms with Crippen LogP contribution in [0.25, 0.3) is 0 Å². The monoisotopic (exact) mass is 302 g/mol. The molecule has 21 heavy (non-hydrogen) atoms. The molecule has 0 aliphatic carbocycles. The van der Waals surface area contributed by atoms with Gasteiger partial charge in [-0.05, 0) is 56.7 Å². The van der Waals surface area contributed by atoms with Crippen LogP contribution in [0.4, 0.5) is 0 Å². The van der Waals surface area contributed by atoms with Crippen molar-refractivity contribution in [2.75, 3.05) is 0 Å². The van der Waals surface area contributed by atoms with Gasteiger partial charge in [0.15, 0.2) is 11.0 Å². The van der Waals surface area contributed by atoms with Gasteiger partial charge in [0.05, 0.1) is 0 Å². The third-order valence-electron chi connectivity index (χ3n) is 3.40. The minimum atomic E-state index is 0.0850. The zero-order valence-electron chi connectivity index (χ0n) is 12.5. The number of aromatic nitrogens is 2. The van der Waals surface area contributed by atoms with Gasteiger partial charge < -0.3 is 10.9 Å². The zero-order valence-corrected chi connectivity index (χ0v) is 13.3. The Morgan fingerprint density at radius 2 is 1.76 bits per heavy atom. The van der Waals surface area contributed by atoms with Gasteiger partial charge in [0.1, 0.15) is 0 Å². The maximum atomic E-state index is 8.92. The normalized spacial score (nSPS) is 11.7. The molecular formula is C15H18N4OS. The van der Waals surface area contributed by atoms with Gasteiger partial charge in [0.25, 0.3) is 0 Å². The van der Waals surface area contributed by atoms with Crippen LogP contribution in [0, 0.1) is 27.7 Å². The molecule has 1 heterocycles. The highest BCUT2D eigenvalue weighted by Crippen LogP contribution is 2.31. The average molecular weight is 302 g/mol. The molecule has 0 amide bonds. The van der Waals surface area contributed by atoms with Crippen LogP contribution in [-0.2, 0) is 0 Å². The Balaban J connectivity index is 2.49. The summed E-state index contributed by atoms with van der Waals surface area (Å²) in [6, 6.07) is 5.67. The number of nitrogens with zero attached hydrogens (tertiary/aromatic N) is 3. The highest BCUT2D eigenvalue weighted by molar-refractivity contribution is 7.99. The second-order valence-corrected chi connectivity index (χ2v) is 5.82. The molecular weight excluding hydrogens is 284 g/mol. The predicted octanol–water partition coefficient (Wildman–Crippen LogP) is 2.96. The highest BCUT2D eigenvalue weighted by atomic mass is 32.2. The van der Waals surface area contributed by atoms with Gasteiger partial charge in [-0.15, -0.1) is 0 Å². The van der Waals surface area contributed by atoms with Crippen LogP contribution >= 0.6 is 11.8 Å². The fraction of sp³-hybridized carbons (Fsp3) is 0.267. The van der Waals surface area contributed by atoms with Crippen LogP contribution in [0.3, 0.4) is 0 Å². The Morgan fingerprint density at radius 3 is 2.33 bits per heavy atom. The summed E-state index contributed by atoms with van der Waals surface area (Å²) in [4.78, 5) is 9.91. The first kappa shape index (κ1) is 15.3. The van der Waals surface area contributed by atoms with E-state index in [1.165, 1.54) is 11.8 Å². The van der Waals surface area contributed by atoms with E-state index in [9.17, 15) is 0 Å². The first-order valence-corrected chi connectivity index (χ1v) is 7.33. The number of rotatable bonds is 3. The summed E-state index contributed by atoms with van der Waals surface area (Å²) in [6.07, 6.45) is 0. The van der Waals surface area contributed by atoms with Crippen LogP contribution < -0.4 is 5.73 Å². The summed E-state index contributed by atoms with van der Waals surface area (Å²) in [5.74, 6) is 0.0850. The number of nitrogens with two attached hydrogens (primary N) is 1. The van der Waals surface area contributed by atoms with Gasteiger partial charge in [-0.2, -0.15) is 0 Å². The van der Waals surface area contributed by atoms with E-state index >= 15 is 0 Å². The van der Waals surface area contributed by atoms with Crippen molar-refractivity contribution in [2.45, 2.75) is 37.7 Å². The standard InChI is InChI=1S/C15H18N4OS/c1-8-6-5-7-12(14(16)19-20)13(8)21-15-17-10(3)9(2)11(4)18-15/h5-7,20H,1-4H3,(H2,16,19). The molecule has 0 unspecified atom stereocenters. The lowest BCUT2D eigenvalue weighted by Crippen LogP contribution is -2.14. The summed E-state index contributed by atoms with van der Waals surface area (Å²) in [7, 11) is 0. The molecule has 0 fully saturated rings. The van der Waals surface area contributed by atoms with Gasteiger partial charge in [-0.3, -0.25) is 0 Å². The fourth-order valence-electron chi connectivity index (χ4n) is 1.92. The number of aryl methyl sites for hydroxylation is 3. The van der Waals surface area contributed by atoms with Gasteiger partial charge in [-0.25, -0.2) is 9.97 Å². The molecule has 0 aliphatic heterocycles. The molecule has 6 heteroatoms. The lowest BCUT2D eigenvalue weighted by Gasteiger charge is -2.12. The van der Waals surface area contributed by atoms with Crippen LogP contribution in [0.1, 0.15) is 28.1 Å². The van der Waals surface area contributed by atoms with Crippen LogP contribution in [0.2, 0.25) is 0 Å². The Bertz CT molecular complexity index is 690. The Morgan fingerprint density at radius 1 is 1.14 bits per heavy atom. The molecule has 0 saturated carbocycles. The van der Waals surface area contributed by atoms with Crippen molar-refractivity contribution in [1.29, 1.82) is 0 Å². The summed E-state index contributed by atoms with van der Waals surface area (Å²) >= 11 is 1.43. The second kappa shape index (κ2) is 6.13. The smallest absolute Gasteiger partial charge is 0.192 e. The molecule has 0 saturated heterocycles. The summed E-state index contributed by atoms with van der Waals surface area (Å²) in [6.45, 7) is 7.92. The van der Waals surface area contributed by atoms with Crippen molar-refractivity contribution in [1.82, 2.24) is 9.97 Å². The van der Waals surface area contributed by atoms with Crippen LogP contribution in [-0.4, -0.2) is 21.0 Å². The van der Waals surface area contributed by atoms with E-state index in [2.05, 4.69) is 15.1 Å². The molecule has 0 aliphatic rings. The number of oxime groups is 1. The Kier molecular flexibility index (Phi) is 4.47. The molecule has 2 rings (SSSR count). The average Bonchev–Trinajstić information content (AvgIpc) is 2.46. The third kappa shape index (κ3) is 3.16. The number of hydrogen-bond donors (Lipinski definition) is 2. The summed E-state index contributed by atoms with van der Waals surface area (Å²) < 4.78 is 0. The van der Waals surface area contributed by atoms with Crippen molar-refractivity contribution in [3.05, 3.63) is 46.3 Å². The van der Waals surface area contributed by atoms with Crippen molar-refractivity contribution in [3.8, 4) is 0 Å². The maximum absolute atomic E-state index is 8.92. The van der Waals surface area contributed by atoms with Gasteiger partial charge in [0, 0.05) is 21.8 Å². The lowest BCUT2D eigenvalue weighted by molar-refractivity contribution is 0.318. The van der Waals surface area contributed by atoms with E-state index < -0.39 is 0 Å². The number of benzene rings is 1. The van der Waals surface area contributed by atoms with Crippen LogP contribution in [0.15, 0.2) is 33.4 Å². The minimum absolute atomic E-state index is 0.0850. The zero-order chi connectivity index (χ0) is 15.6. The largest absolute Gasteiger partial charge is 0.409 e. The molecule has 0 bridgehead atoms. The van der Waals surface area contributed by atoms with Crippen molar-refractivity contribution in [3.63, 3.8) is 0 Å². The predicted molar refractivity (Wildman–Crippen MR) is 84.1 cm³/mol. The van der Waals surface area contributed by atoms with E-state index in [-0.39, 0.29) is 5.84 Å². The molecule has 5 nitrogen and oxygen atoms in total. The Labute approximate surface area is 128 Å². The lowest BCUT2D eigenvalue weighted by atomic mass is 10.1. The number of amidine groups is 1. The van der Waals surface area contributed by atoms with Crippen molar-refractivity contribution >= 4 is 17.6 Å². The topological polar surface area (TPSA) is 84.4 Å². The first-order chi connectivity index (χ1) is 9.93. The Hall–Kier alpha value is -2.08. The summed E-state index contributed by atoms with van der Waals surface area (Å²) in [5.41, 5.74) is 10.5. The third-order valence-corrected chi connectivity index (χ3v) is 4.51. The quantitative estimate of drug-likeness (QED) is 0.299. The van der Waals surface area contributed by atoms with E-state index in [4.69, 9.17) is 10.9 Å². The van der Waals surface area contributed by atoms with E-state index in [1.807, 2.05) is 45.9 Å². The molecule has 2 aromatic rings. The van der Waals surface area contributed by atoms with E-state index in [0.29, 0.717) is 10.7 Å². The molecule has 0 spiro atoms. The van der Waals surface area contributed by atoms with Gasteiger partial charge in [-0.1, -0.05) is 17.3 Å². The molecule has 1 aromatic heterocycles. The van der Waals surface area contributed by atoms with Gasteiger partial charge >= 0.3 is 0 Å². The first-order valence-electron chi connectivity index (χ1n) is 6.51. The maximum Gasteiger partial charge on any atom is 0.192 e. The summed E-state index contributed by atoms with van der Waals surface area (Å²) in [5, 5.41) is 12.7. The SMILES string of the molecule is Cc1cccc(/C(N)=N/O)c1Sc1nc(C)c(C)c(C)n1. The molecule has 0 atom stereocenters. The van der Waals surface area contributed by atoms with Crippen molar-refractivity contribution < 1.29 is 5.21 Å². The number of hydrogen-bond acceptors (Lipinski definition) is 5. The molecule has 110 valence electrons. The minimum Gasteiger partial charge on any atom is -0.409 e. The van der Waals surface area contributed by atoms with Gasteiger partial charge in [0.2, 0.25) is 0 Å². The second-order valence-electron chi connectivity index (χ2n) is 4.84. The highest BCUT2D eigenvalue weighted by Gasteiger charge is 2.14. The molecule has 1 aromatic carbocycles. The van der Waals surface area contributed by atoms with Crippen molar-refractivity contribution in [2.24, 2.45) is 10.9 Å². The van der Waals surface area contributed by atoms with Crippen LogP contribution in [0.5, 0.6) is 0 Å².